The number of rotatable bonds is 5. The zero-order valence-corrected chi connectivity index (χ0v) is 10.6. The third-order valence-corrected chi connectivity index (χ3v) is 3.56. The normalized spacial score (nSPS) is 14.8. The Balaban J connectivity index is 2.61. The van der Waals surface area contributed by atoms with E-state index in [0.29, 0.717) is 10.9 Å². The zero-order valence-electron chi connectivity index (χ0n) is 9.76. The Hall–Kier alpha value is -0.610. The van der Waals surface area contributed by atoms with E-state index < -0.39 is 5.82 Å². The third-order valence-electron chi connectivity index (χ3n) is 2.40. The number of thioether (sulfide) groups is 1. The van der Waals surface area contributed by atoms with Gasteiger partial charge in [0.15, 0.2) is 0 Å². The van der Waals surface area contributed by atoms with Crippen molar-refractivity contribution in [2.45, 2.75) is 36.5 Å². The zero-order chi connectivity index (χ0) is 12.1. The molecule has 0 aromatic heterocycles. The number of hydrogen-bond acceptors (Lipinski definition) is 2. The van der Waals surface area contributed by atoms with E-state index in [4.69, 9.17) is 0 Å². The van der Waals surface area contributed by atoms with Crippen molar-refractivity contribution in [3.63, 3.8) is 0 Å². The molecule has 0 saturated carbocycles. The smallest absolute Gasteiger partial charge is 0.136 e. The van der Waals surface area contributed by atoms with E-state index in [-0.39, 0.29) is 11.1 Å². The van der Waals surface area contributed by atoms with Crippen molar-refractivity contribution in [3.05, 3.63) is 29.8 Å². The van der Waals surface area contributed by atoms with Crippen molar-refractivity contribution in [3.8, 4) is 0 Å². The summed E-state index contributed by atoms with van der Waals surface area (Å²) in [7, 11) is 1.89. The molecule has 16 heavy (non-hydrogen) atoms. The summed E-state index contributed by atoms with van der Waals surface area (Å²) >= 11 is 1.37. The van der Waals surface area contributed by atoms with Gasteiger partial charge in [-0.05, 0) is 38.6 Å². The molecule has 2 atom stereocenters. The fraction of sp³-hybridized carbons (Fsp3) is 0.500. The largest absolute Gasteiger partial charge is 0.317 e. The minimum absolute atomic E-state index is 0.249. The number of nitrogens with one attached hydrogen (secondary N) is 1. The van der Waals surface area contributed by atoms with E-state index in [1.165, 1.54) is 23.9 Å². The molecule has 1 N–H and O–H groups in total. The van der Waals surface area contributed by atoms with Crippen LogP contribution in [0.3, 0.4) is 0 Å². The highest BCUT2D eigenvalue weighted by molar-refractivity contribution is 8.00. The Morgan fingerprint density at radius 1 is 1.31 bits per heavy atom. The van der Waals surface area contributed by atoms with Gasteiger partial charge in [-0.15, -0.1) is 11.8 Å². The minimum atomic E-state index is -0.391. The maximum absolute atomic E-state index is 13.3. The van der Waals surface area contributed by atoms with Gasteiger partial charge in [0.2, 0.25) is 0 Å². The molecule has 1 aromatic rings. The van der Waals surface area contributed by atoms with Crippen LogP contribution in [0.4, 0.5) is 8.78 Å². The Bertz CT molecular complexity index is 344. The number of benzene rings is 1. The molecule has 0 bridgehead atoms. The molecule has 1 nitrogen and oxygen atoms in total. The number of hydrogen-bond donors (Lipinski definition) is 1. The molecule has 1 rings (SSSR count). The van der Waals surface area contributed by atoms with Crippen LogP contribution in [0.15, 0.2) is 23.1 Å². The second-order valence-corrected chi connectivity index (χ2v) is 5.41. The molecular formula is C12H17F2NS. The highest BCUT2D eigenvalue weighted by Gasteiger charge is 2.12. The SMILES string of the molecule is CNC(C)CC(C)Sc1cc(F)ccc1F. The molecule has 0 aliphatic carbocycles. The molecule has 1 aromatic carbocycles. The Labute approximate surface area is 99.6 Å². The van der Waals surface area contributed by atoms with Gasteiger partial charge in [0.05, 0.1) is 0 Å². The summed E-state index contributed by atoms with van der Waals surface area (Å²) in [6.07, 6.45) is 0.914. The van der Waals surface area contributed by atoms with Gasteiger partial charge in [0.25, 0.3) is 0 Å². The van der Waals surface area contributed by atoms with Gasteiger partial charge in [0.1, 0.15) is 11.6 Å². The van der Waals surface area contributed by atoms with Gasteiger partial charge in [-0.3, -0.25) is 0 Å². The maximum atomic E-state index is 13.3. The van der Waals surface area contributed by atoms with Crippen LogP contribution >= 0.6 is 11.8 Å². The van der Waals surface area contributed by atoms with Crippen molar-refractivity contribution in [1.82, 2.24) is 5.32 Å². The summed E-state index contributed by atoms with van der Waals surface area (Å²) in [5.41, 5.74) is 0. The summed E-state index contributed by atoms with van der Waals surface area (Å²) in [6, 6.07) is 3.94. The number of halogens is 2. The molecule has 0 amide bonds. The predicted molar refractivity (Wildman–Crippen MR) is 64.8 cm³/mol. The highest BCUT2D eigenvalue weighted by atomic mass is 32.2. The molecule has 90 valence electrons. The third kappa shape index (κ3) is 4.10. The van der Waals surface area contributed by atoms with Crippen molar-refractivity contribution >= 4 is 11.8 Å². The fourth-order valence-electron chi connectivity index (χ4n) is 1.45. The summed E-state index contributed by atoms with van der Waals surface area (Å²) in [4.78, 5) is 0.385. The van der Waals surface area contributed by atoms with Crippen molar-refractivity contribution in [2.75, 3.05) is 7.05 Å². The summed E-state index contributed by atoms with van der Waals surface area (Å²) in [5, 5.41) is 3.38. The maximum Gasteiger partial charge on any atom is 0.136 e. The minimum Gasteiger partial charge on any atom is -0.317 e. The molecule has 2 unspecified atom stereocenters. The summed E-state index contributed by atoms with van der Waals surface area (Å²) in [6.45, 7) is 4.09. The predicted octanol–water partition coefficient (Wildman–Crippen LogP) is 3.44. The molecule has 0 saturated heterocycles. The van der Waals surface area contributed by atoms with E-state index in [9.17, 15) is 8.78 Å². The van der Waals surface area contributed by atoms with E-state index >= 15 is 0 Å². The lowest BCUT2D eigenvalue weighted by Gasteiger charge is -2.16. The summed E-state index contributed by atoms with van der Waals surface area (Å²) < 4.78 is 26.3. The summed E-state index contributed by atoms with van der Waals surface area (Å²) in [5.74, 6) is -0.742. The average molecular weight is 245 g/mol. The molecule has 4 heteroatoms. The van der Waals surface area contributed by atoms with Crippen LogP contribution < -0.4 is 5.32 Å². The fourth-order valence-corrected chi connectivity index (χ4v) is 2.63. The van der Waals surface area contributed by atoms with Gasteiger partial charge in [0, 0.05) is 16.2 Å². The van der Waals surface area contributed by atoms with Crippen LogP contribution in [0.5, 0.6) is 0 Å². The van der Waals surface area contributed by atoms with E-state index in [2.05, 4.69) is 12.2 Å². The first-order valence-corrected chi connectivity index (χ1v) is 6.20. The lowest BCUT2D eigenvalue weighted by molar-refractivity contribution is 0.559. The van der Waals surface area contributed by atoms with E-state index in [0.717, 1.165) is 12.5 Å². The molecule has 0 heterocycles. The Kier molecular flexibility index (Phi) is 5.22. The van der Waals surface area contributed by atoms with Gasteiger partial charge >= 0.3 is 0 Å². The van der Waals surface area contributed by atoms with Crippen molar-refractivity contribution in [1.29, 1.82) is 0 Å². The van der Waals surface area contributed by atoms with Gasteiger partial charge in [-0.2, -0.15) is 0 Å². The molecular weight excluding hydrogens is 228 g/mol. The standard InChI is InChI=1S/C12H17F2NS/c1-8(15-3)6-9(2)16-12-7-10(13)4-5-11(12)14/h4-5,7-9,15H,6H2,1-3H3. The van der Waals surface area contributed by atoms with E-state index in [1.54, 1.807) is 0 Å². The first kappa shape index (κ1) is 13.5. The lowest BCUT2D eigenvalue weighted by atomic mass is 10.2. The van der Waals surface area contributed by atoms with Crippen molar-refractivity contribution < 1.29 is 8.78 Å². The van der Waals surface area contributed by atoms with Crippen LogP contribution in [0.1, 0.15) is 20.3 Å². The van der Waals surface area contributed by atoms with Crippen molar-refractivity contribution in [2.24, 2.45) is 0 Å². The van der Waals surface area contributed by atoms with Gasteiger partial charge in [-0.25, -0.2) is 8.78 Å². The van der Waals surface area contributed by atoms with Crippen LogP contribution in [-0.4, -0.2) is 18.3 Å². The highest BCUT2D eigenvalue weighted by Crippen LogP contribution is 2.28. The first-order chi connectivity index (χ1) is 7.52. The van der Waals surface area contributed by atoms with Gasteiger partial charge in [-0.1, -0.05) is 6.92 Å². The second-order valence-electron chi connectivity index (χ2n) is 3.93. The quantitative estimate of drug-likeness (QED) is 0.797. The van der Waals surface area contributed by atoms with E-state index in [1.807, 2.05) is 14.0 Å². The van der Waals surface area contributed by atoms with Crippen LogP contribution in [-0.2, 0) is 0 Å². The monoisotopic (exact) mass is 245 g/mol. The molecule has 0 aliphatic rings. The Morgan fingerprint density at radius 3 is 2.62 bits per heavy atom. The first-order valence-electron chi connectivity index (χ1n) is 5.32. The lowest BCUT2D eigenvalue weighted by Crippen LogP contribution is -2.24. The second kappa shape index (κ2) is 6.21. The van der Waals surface area contributed by atoms with Crippen LogP contribution in [0.25, 0.3) is 0 Å². The topological polar surface area (TPSA) is 12.0 Å². The molecule has 0 fully saturated rings. The molecule has 0 aliphatic heterocycles. The average Bonchev–Trinajstić information content (AvgIpc) is 2.23. The molecule has 0 spiro atoms. The molecule has 0 radical (unpaired) electrons. The Morgan fingerprint density at radius 2 is 2.00 bits per heavy atom. The van der Waals surface area contributed by atoms with Crippen LogP contribution in [0, 0.1) is 11.6 Å². The van der Waals surface area contributed by atoms with Gasteiger partial charge < -0.3 is 5.32 Å². The van der Waals surface area contributed by atoms with Crippen LogP contribution in [0.2, 0.25) is 0 Å².